The molecule has 3 rings (SSSR count). The highest BCUT2D eigenvalue weighted by Gasteiger charge is 2.16. The Morgan fingerprint density at radius 2 is 1.50 bits per heavy atom. The van der Waals surface area contributed by atoms with Crippen LogP contribution < -0.4 is 14.8 Å². The maximum Gasteiger partial charge on any atom is 0.161 e. The lowest BCUT2D eigenvalue weighted by Crippen LogP contribution is -2.34. The molecule has 1 unspecified atom stereocenters. The van der Waals surface area contributed by atoms with Crippen molar-refractivity contribution in [3.8, 4) is 11.5 Å². The van der Waals surface area contributed by atoms with Crippen molar-refractivity contribution < 1.29 is 14.6 Å². The van der Waals surface area contributed by atoms with E-state index in [2.05, 4.69) is 29.6 Å². The monoisotopic (exact) mass is 453 g/mol. The SMILES string of the molecule is CC=Cc1ccc(OCC)c(OCC(O)CNC(c2ccccc2)c2ccccc2)c1.Cl. The van der Waals surface area contributed by atoms with Gasteiger partial charge in [0.2, 0.25) is 0 Å². The number of allylic oxidation sites excluding steroid dienone is 1. The third-order valence-corrected chi connectivity index (χ3v) is 4.88. The summed E-state index contributed by atoms with van der Waals surface area (Å²) < 4.78 is 11.6. The molecule has 0 aromatic heterocycles. The van der Waals surface area contributed by atoms with Crippen molar-refractivity contribution in [1.29, 1.82) is 0 Å². The van der Waals surface area contributed by atoms with E-state index < -0.39 is 6.10 Å². The van der Waals surface area contributed by atoms with Gasteiger partial charge < -0.3 is 19.9 Å². The summed E-state index contributed by atoms with van der Waals surface area (Å²) >= 11 is 0. The van der Waals surface area contributed by atoms with Crippen molar-refractivity contribution in [1.82, 2.24) is 5.32 Å². The quantitative estimate of drug-likeness (QED) is 0.393. The van der Waals surface area contributed by atoms with Gasteiger partial charge in [0.25, 0.3) is 0 Å². The minimum Gasteiger partial charge on any atom is -0.490 e. The number of halogens is 1. The summed E-state index contributed by atoms with van der Waals surface area (Å²) in [5, 5.41) is 14.1. The number of aliphatic hydroxyl groups excluding tert-OH is 1. The van der Waals surface area contributed by atoms with Crippen LogP contribution in [0.15, 0.2) is 84.9 Å². The molecule has 32 heavy (non-hydrogen) atoms. The van der Waals surface area contributed by atoms with Crippen LogP contribution in [-0.4, -0.2) is 31.0 Å². The number of ether oxygens (including phenoxy) is 2. The maximum absolute atomic E-state index is 10.6. The van der Waals surface area contributed by atoms with E-state index in [0.29, 0.717) is 24.7 Å². The van der Waals surface area contributed by atoms with Crippen molar-refractivity contribution >= 4 is 18.5 Å². The molecule has 0 amide bonds. The molecular weight excluding hydrogens is 422 g/mol. The fourth-order valence-electron chi connectivity index (χ4n) is 3.43. The summed E-state index contributed by atoms with van der Waals surface area (Å²) in [4.78, 5) is 0. The second-order valence-electron chi connectivity index (χ2n) is 7.27. The van der Waals surface area contributed by atoms with E-state index in [4.69, 9.17) is 9.47 Å². The first-order valence-electron chi connectivity index (χ1n) is 10.7. The van der Waals surface area contributed by atoms with Crippen LogP contribution in [0.3, 0.4) is 0 Å². The van der Waals surface area contributed by atoms with Gasteiger partial charge in [-0.15, -0.1) is 12.4 Å². The molecule has 0 aliphatic heterocycles. The highest BCUT2D eigenvalue weighted by Crippen LogP contribution is 2.29. The highest BCUT2D eigenvalue weighted by molar-refractivity contribution is 5.85. The number of rotatable bonds is 11. The lowest BCUT2D eigenvalue weighted by Gasteiger charge is -2.22. The summed E-state index contributed by atoms with van der Waals surface area (Å²) in [5.74, 6) is 1.32. The zero-order chi connectivity index (χ0) is 21.9. The average molecular weight is 454 g/mol. The van der Waals surface area contributed by atoms with E-state index in [1.807, 2.05) is 80.6 Å². The smallest absolute Gasteiger partial charge is 0.161 e. The van der Waals surface area contributed by atoms with Gasteiger partial charge in [-0.25, -0.2) is 0 Å². The van der Waals surface area contributed by atoms with Gasteiger partial charge in [-0.1, -0.05) is 78.9 Å². The molecule has 3 aromatic carbocycles. The van der Waals surface area contributed by atoms with E-state index in [0.717, 1.165) is 16.7 Å². The second kappa shape index (κ2) is 13.6. The van der Waals surface area contributed by atoms with Crippen LogP contribution in [0.5, 0.6) is 11.5 Å². The van der Waals surface area contributed by atoms with E-state index in [9.17, 15) is 5.11 Å². The Morgan fingerprint density at radius 3 is 2.06 bits per heavy atom. The fraction of sp³-hybridized carbons (Fsp3) is 0.259. The van der Waals surface area contributed by atoms with Gasteiger partial charge in [0.1, 0.15) is 12.7 Å². The van der Waals surface area contributed by atoms with Crippen molar-refractivity contribution in [3.63, 3.8) is 0 Å². The Morgan fingerprint density at radius 1 is 0.875 bits per heavy atom. The first-order chi connectivity index (χ1) is 15.2. The molecule has 0 saturated carbocycles. The normalized spacial score (nSPS) is 11.9. The summed E-state index contributed by atoms with van der Waals surface area (Å²) in [6, 6.07) is 26.3. The van der Waals surface area contributed by atoms with Crippen LogP contribution >= 0.6 is 12.4 Å². The first-order valence-corrected chi connectivity index (χ1v) is 10.7. The molecule has 0 saturated heterocycles. The maximum atomic E-state index is 10.6. The van der Waals surface area contributed by atoms with Gasteiger partial charge in [0, 0.05) is 6.54 Å². The van der Waals surface area contributed by atoms with Crippen LogP contribution in [0.4, 0.5) is 0 Å². The van der Waals surface area contributed by atoms with Crippen molar-refractivity contribution in [3.05, 3.63) is 102 Å². The van der Waals surface area contributed by atoms with E-state index in [-0.39, 0.29) is 25.1 Å². The van der Waals surface area contributed by atoms with Gasteiger partial charge in [0.05, 0.1) is 12.6 Å². The third-order valence-electron chi connectivity index (χ3n) is 4.88. The molecule has 4 nitrogen and oxygen atoms in total. The predicted molar refractivity (Wildman–Crippen MR) is 134 cm³/mol. The number of benzene rings is 3. The molecule has 0 radical (unpaired) electrons. The Hall–Kier alpha value is -2.79. The number of nitrogens with one attached hydrogen (secondary N) is 1. The predicted octanol–water partition coefficient (Wildman–Crippen LogP) is 5.66. The molecule has 170 valence electrons. The van der Waals surface area contributed by atoms with Gasteiger partial charge in [-0.3, -0.25) is 0 Å². The molecule has 5 heteroatoms. The number of hydrogen-bond acceptors (Lipinski definition) is 4. The molecule has 0 aliphatic carbocycles. The Balaban J connectivity index is 0.00000363. The average Bonchev–Trinajstić information content (AvgIpc) is 2.81. The van der Waals surface area contributed by atoms with Crippen LogP contribution in [0.25, 0.3) is 6.08 Å². The van der Waals surface area contributed by atoms with E-state index in [1.54, 1.807) is 0 Å². The van der Waals surface area contributed by atoms with Crippen LogP contribution in [0, 0.1) is 0 Å². The zero-order valence-electron chi connectivity index (χ0n) is 18.6. The summed E-state index contributed by atoms with van der Waals surface area (Å²) in [6.45, 7) is 5.03. The van der Waals surface area contributed by atoms with Gasteiger partial charge in [-0.05, 0) is 42.7 Å². The standard InChI is InChI=1S/C27H31NO3.ClH/c1-3-11-21-16-17-25(30-4-2)26(18-21)31-20-24(29)19-28-27(22-12-7-5-8-13-22)23-14-9-6-10-15-23;/h3,5-18,24,27-29H,4,19-20H2,1-2H3;1H. The van der Waals surface area contributed by atoms with E-state index >= 15 is 0 Å². The highest BCUT2D eigenvalue weighted by atomic mass is 35.5. The van der Waals surface area contributed by atoms with E-state index in [1.165, 1.54) is 0 Å². The molecule has 0 fully saturated rings. The minimum atomic E-state index is -0.672. The fourth-order valence-corrected chi connectivity index (χ4v) is 3.43. The zero-order valence-corrected chi connectivity index (χ0v) is 19.4. The molecule has 0 bridgehead atoms. The summed E-state index contributed by atoms with van der Waals surface area (Å²) in [7, 11) is 0. The van der Waals surface area contributed by atoms with Gasteiger partial charge in [-0.2, -0.15) is 0 Å². The second-order valence-corrected chi connectivity index (χ2v) is 7.27. The molecular formula is C27H32ClNO3. The molecule has 2 N–H and O–H groups in total. The Kier molecular flexibility index (Phi) is 10.8. The van der Waals surface area contributed by atoms with Gasteiger partial charge in [0.15, 0.2) is 11.5 Å². The molecule has 0 heterocycles. The molecule has 3 aromatic rings. The van der Waals surface area contributed by atoms with Crippen molar-refractivity contribution in [2.75, 3.05) is 19.8 Å². The van der Waals surface area contributed by atoms with Crippen LogP contribution in [0.2, 0.25) is 0 Å². The number of aliphatic hydroxyl groups is 1. The third kappa shape index (κ3) is 7.41. The topological polar surface area (TPSA) is 50.7 Å². The molecule has 0 spiro atoms. The largest absolute Gasteiger partial charge is 0.490 e. The van der Waals surface area contributed by atoms with Crippen molar-refractivity contribution in [2.24, 2.45) is 0 Å². The summed E-state index contributed by atoms with van der Waals surface area (Å²) in [6.07, 6.45) is 3.31. The van der Waals surface area contributed by atoms with Crippen molar-refractivity contribution in [2.45, 2.75) is 26.0 Å². The lowest BCUT2D eigenvalue weighted by molar-refractivity contribution is 0.102. The Bertz CT molecular complexity index is 908. The Labute approximate surface area is 197 Å². The first kappa shape index (κ1) is 25.5. The minimum absolute atomic E-state index is 0. The lowest BCUT2D eigenvalue weighted by atomic mass is 9.98. The van der Waals surface area contributed by atoms with Gasteiger partial charge >= 0.3 is 0 Å². The van der Waals surface area contributed by atoms with Crippen LogP contribution in [0.1, 0.15) is 36.6 Å². The van der Waals surface area contributed by atoms with Crippen LogP contribution in [-0.2, 0) is 0 Å². The summed E-state index contributed by atoms with van der Waals surface area (Å²) in [5.41, 5.74) is 3.33. The molecule has 0 aliphatic rings. The molecule has 1 atom stereocenters. The number of hydrogen-bond donors (Lipinski definition) is 2.